The molecule has 1 aromatic carbocycles. The lowest BCUT2D eigenvalue weighted by molar-refractivity contribution is -0.132. The number of carbonyl (C=O) groups is 1. The summed E-state index contributed by atoms with van der Waals surface area (Å²) in [7, 11) is 0. The molecule has 3 aromatic rings. The molecule has 180 valence electrons. The zero-order valence-corrected chi connectivity index (χ0v) is 19.1. The van der Waals surface area contributed by atoms with Gasteiger partial charge in [0.2, 0.25) is 5.91 Å². The Hall–Kier alpha value is -3.20. The van der Waals surface area contributed by atoms with E-state index in [0.29, 0.717) is 19.0 Å². The van der Waals surface area contributed by atoms with Crippen molar-refractivity contribution in [1.29, 1.82) is 0 Å². The fraction of sp³-hybridized carbons (Fsp3) is 0.440. The molecule has 1 aliphatic carbocycles. The molecule has 0 radical (unpaired) electrons. The lowest BCUT2D eigenvalue weighted by Crippen LogP contribution is -2.49. The predicted octanol–water partition coefficient (Wildman–Crippen LogP) is 3.33. The van der Waals surface area contributed by atoms with Crippen LogP contribution in [0.25, 0.3) is 16.6 Å². The van der Waals surface area contributed by atoms with Gasteiger partial charge in [-0.25, -0.2) is 13.3 Å². The summed E-state index contributed by atoms with van der Waals surface area (Å²) in [4.78, 5) is 16.7. The summed E-state index contributed by atoms with van der Waals surface area (Å²) in [6, 6.07) is 12.3. The standard InChI is InChI=1S/C25H30F2N6O/c26-24(27)16-28-9-10-29-21-5-3-18(4-6-21)20-15-23-22(7-8-30-33(23)17-20)31-11-13-32(14-12-31)25(34)19-1-2-19/h3-8,15,17,19,24,28-29H,1-2,9-14,16H2. The van der Waals surface area contributed by atoms with E-state index in [9.17, 15) is 13.6 Å². The topological polar surface area (TPSA) is 64.9 Å². The van der Waals surface area contributed by atoms with Gasteiger partial charge >= 0.3 is 0 Å². The number of amides is 1. The number of aromatic nitrogens is 2. The van der Waals surface area contributed by atoms with Crippen LogP contribution in [0.3, 0.4) is 0 Å². The molecule has 9 heteroatoms. The van der Waals surface area contributed by atoms with Gasteiger partial charge in [0, 0.05) is 68.8 Å². The second kappa shape index (κ2) is 9.97. The molecule has 1 saturated carbocycles. The van der Waals surface area contributed by atoms with E-state index < -0.39 is 6.43 Å². The van der Waals surface area contributed by atoms with Crippen LogP contribution in [-0.4, -0.2) is 72.7 Å². The molecule has 1 aliphatic heterocycles. The minimum Gasteiger partial charge on any atom is -0.384 e. The number of carbonyl (C=O) groups excluding carboxylic acids is 1. The van der Waals surface area contributed by atoms with Crippen LogP contribution in [-0.2, 0) is 4.79 Å². The summed E-state index contributed by atoms with van der Waals surface area (Å²) in [5.74, 6) is 0.600. The predicted molar refractivity (Wildman–Crippen MR) is 130 cm³/mol. The highest BCUT2D eigenvalue weighted by atomic mass is 19.3. The largest absolute Gasteiger partial charge is 0.384 e. The number of hydrogen-bond acceptors (Lipinski definition) is 5. The van der Waals surface area contributed by atoms with E-state index in [-0.39, 0.29) is 12.5 Å². The molecular weight excluding hydrogens is 438 g/mol. The lowest BCUT2D eigenvalue weighted by Gasteiger charge is -2.36. The third-order valence-corrected chi connectivity index (χ3v) is 6.49. The number of rotatable bonds is 9. The molecular formula is C25H30F2N6O. The van der Waals surface area contributed by atoms with Gasteiger partial charge in [0.05, 0.1) is 17.7 Å². The molecule has 2 aliphatic rings. The Morgan fingerprint density at radius 1 is 1.03 bits per heavy atom. The third kappa shape index (κ3) is 5.14. The highest BCUT2D eigenvalue weighted by Crippen LogP contribution is 2.32. The summed E-state index contributed by atoms with van der Waals surface area (Å²) in [5, 5.41) is 10.4. The molecule has 1 saturated heterocycles. The maximum absolute atomic E-state index is 12.4. The van der Waals surface area contributed by atoms with E-state index in [4.69, 9.17) is 0 Å². The summed E-state index contributed by atoms with van der Waals surface area (Å²) in [5.41, 5.74) is 5.29. The summed E-state index contributed by atoms with van der Waals surface area (Å²) < 4.78 is 26.2. The summed E-state index contributed by atoms with van der Waals surface area (Å²) >= 11 is 0. The molecule has 0 unspecified atom stereocenters. The molecule has 0 atom stereocenters. The first kappa shape index (κ1) is 22.6. The van der Waals surface area contributed by atoms with Gasteiger partial charge in [-0.3, -0.25) is 4.79 Å². The van der Waals surface area contributed by atoms with E-state index in [1.54, 1.807) is 0 Å². The maximum Gasteiger partial charge on any atom is 0.250 e. The Labute approximate surface area is 197 Å². The Morgan fingerprint density at radius 2 is 1.79 bits per heavy atom. The second-order valence-corrected chi connectivity index (χ2v) is 8.96. The Kier molecular flexibility index (Phi) is 6.62. The molecule has 34 heavy (non-hydrogen) atoms. The first-order valence-electron chi connectivity index (χ1n) is 11.9. The normalized spacial score (nSPS) is 16.4. The monoisotopic (exact) mass is 468 g/mol. The number of hydrogen-bond donors (Lipinski definition) is 2. The molecule has 0 bridgehead atoms. The number of halogens is 2. The van der Waals surface area contributed by atoms with Crippen LogP contribution < -0.4 is 15.5 Å². The number of alkyl halides is 2. The molecule has 2 fully saturated rings. The van der Waals surface area contributed by atoms with Gasteiger partial charge < -0.3 is 20.4 Å². The van der Waals surface area contributed by atoms with Crippen molar-refractivity contribution in [2.24, 2.45) is 5.92 Å². The van der Waals surface area contributed by atoms with Crippen LogP contribution >= 0.6 is 0 Å². The number of anilines is 2. The molecule has 2 N–H and O–H groups in total. The molecule has 0 spiro atoms. The lowest BCUT2D eigenvalue weighted by atomic mass is 10.1. The fourth-order valence-electron chi connectivity index (χ4n) is 4.47. The Balaban J connectivity index is 1.23. The van der Waals surface area contributed by atoms with Crippen molar-refractivity contribution in [2.75, 3.05) is 56.0 Å². The van der Waals surface area contributed by atoms with E-state index in [1.807, 2.05) is 52.1 Å². The number of piperazine rings is 1. The molecule has 7 nitrogen and oxygen atoms in total. The van der Waals surface area contributed by atoms with Crippen molar-refractivity contribution in [1.82, 2.24) is 19.8 Å². The SMILES string of the molecule is O=C(C1CC1)N1CCN(c2ccnn3cc(-c4ccc(NCCNCC(F)F)cc4)cc23)CC1. The Bertz CT molecular complexity index is 1120. The van der Waals surface area contributed by atoms with Crippen molar-refractivity contribution < 1.29 is 13.6 Å². The quantitative estimate of drug-likeness (QED) is 0.472. The van der Waals surface area contributed by atoms with Crippen molar-refractivity contribution >= 4 is 22.8 Å². The Morgan fingerprint density at radius 3 is 2.50 bits per heavy atom. The number of benzene rings is 1. The van der Waals surface area contributed by atoms with Gasteiger partial charge in [-0.05, 0) is 42.7 Å². The highest BCUT2D eigenvalue weighted by molar-refractivity contribution is 5.82. The fourth-order valence-corrected chi connectivity index (χ4v) is 4.47. The molecule has 3 heterocycles. The summed E-state index contributed by atoms with van der Waals surface area (Å²) in [6.45, 7) is 3.96. The zero-order valence-electron chi connectivity index (χ0n) is 19.1. The van der Waals surface area contributed by atoms with E-state index in [0.717, 1.165) is 67.0 Å². The van der Waals surface area contributed by atoms with Gasteiger partial charge in [0.15, 0.2) is 0 Å². The van der Waals surface area contributed by atoms with Crippen LogP contribution in [0.4, 0.5) is 20.2 Å². The average molecular weight is 469 g/mol. The molecule has 1 amide bonds. The van der Waals surface area contributed by atoms with Crippen LogP contribution in [0.1, 0.15) is 12.8 Å². The van der Waals surface area contributed by atoms with E-state index >= 15 is 0 Å². The van der Waals surface area contributed by atoms with Gasteiger partial charge in [-0.1, -0.05) is 12.1 Å². The van der Waals surface area contributed by atoms with Crippen LogP contribution in [0.5, 0.6) is 0 Å². The minimum atomic E-state index is -2.33. The number of fused-ring (bicyclic) bond motifs is 1. The first-order valence-corrected chi connectivity index (χ1v) is 11.9. The summed E-state index contributed by atoms with van der Waals surface area (Å²) in [6.07, 6.45) is 3.62. The minimum absolute atomic E-state index is 0.274. The van der Waals surface area contributed by atoms with Gasteiger partial charge in [-0.2, -0.15) is 5.10 Å². The zero-order chi connectivity index (χ0) is 23.5. The van der Waals surface area contributed by atoms with Gasteiger partial charge in [0.25, 0.3) is 6.43 Å². The smallest absolute Gasteiger partial charge is 0.250 e. The van der Waals surface area contributed by atoms with E-state index in [2.05, 4.69) is 26.7 Å². The van der Waals surface area contributed by atoms with Crippen molar-refractivity contribution in [2.45, 2.75) is 19.3 Å². The average Bonchev–Trinajstić information content (AvgIpc) is 3.61. The number of nitrogens with zero attached hydrogens (tertiary/aromatic N) is 4. The maximum atomic E-state index is 12.4. The molecule has 2 aromatic heterocycles. The van der Waals surface area contributed by atoms with Crippen LogP contribution in [0, 0.1) is 5.92 Å². The van der Waals surface area contributed by atoms with Crippen LogP contribution in [0.2, 0.25) is 0 Å². The van der Waals surface area contributed by atoms with Crippen molar-refractivity contribution in [3.05, 3.63) is 48.8 Å². The number of nitrogens with one attached hydrogen (secondary N) is 2. The van der Waals surface area contributed by atoms with Gasteiger partial charge in [-0.15, -0.1) is 0 Å². The third-order valence-electron chi connectivity index (χ3n) is 6.49. The highest BCUT2D eigenvalue weighted by Gasteiger charge is 2.34. The first-order chi connectivity index (χ1) is 16.6. The van der Waals surface area contributed by atoms with Crippen molar-refractivity contribution in [3.63, 3.8) is 0 Å². The van der Waals surface area contributed by atoms with Crippen molar-refractivity contribution in [3.8, 4) is 11.1 Å². The molecule has 5 rings (SSSR count). The second-order valence-electron chi connectivity index (χ2n) is 8.96. The van der Waals surface area contributed by atoms with E-state index in [1.165, 1.54) is 0 Å². The van der Waals surface area contributed by atoms with Gasteiger partial charge in [0.1, 0.15) is 0 Å². The van der Waals surface area contributed by atoms with Crippen LogP contribution in [0.15, 0.2) is 48.8 Å².